The number of carbonyl (C=O) groups excluding carboxylic acids is 1. The summed E-state index contributed by atoms with van der Waals surface area (Å²) in [4.78, 5) is 19.5. The molecular formula is C22H31N3O2. The smallest absolute Gasteiger partial charge is 0.245 e. The molecule has 27 heavy (non-hydrogen) atoms. The molecule has 5 heteroatoms. The quantitative estimate of drug-likeness (QED) is 0.767. The zero-order valence-corrected chi connectivity index (χ0v) is 16.9. The maximum absolute atomic E-state index is 13.1. The lowest BCUT2D eigenvalue weighted by atomic mass is 9.98. The molecule has 1 aromatic heterocycles. The van der Waals surface area contributed by atoms with Crippen LogP contribution in [0.2, 0.25) is 0 Å². The Morgan fingerprint density at radius 3 is 2.81 bits per heavy atom. The lowest BCUT2D eigenvalue weighted by Gasteiger charge is -2.35. The Hall–Kier alpha value is -2.30. The molecule has 1 aliphatic rings. The topological polar surface area (TPSA) is 47.4 Å². The van der Waals surface area contributed by atoms with Crippen LogP contribution in [0, 0.1) is 12.8 Å². The molecule has 3 rings (SSSR count). The highest BCUT2D eigenvalue weighted by Crippen LogP contribution is 2.24. The van der Waals surface area contributed by atoms with Crippen LogP contribution in [0.15, 0.2) is 36.7 Å². The first kappa shape index (κ1) is 19.5. The molecule has 0 unspecified atom stereocenters. The van der Waals surface area contributed by atoms with E-state index >= 15 is 0 Å². The molecule has 0 spiro atoms. The van der Waals surface area contributed by atoms with Crippen LogP contribution in [0.4, 0.5) is 0 Å². The van der Waals surface area contributed by atoms with Crippen LogP contribution in [0.25, 0.3) is 0 Å². The number of benzene rings is 1. The van der Waals surface area contributed by atoms with Gasteiger partial charge in [-0.05, 0) is 38.3 Å². The number of nitrogens with zero attached hydrogens (tertiary/aromatic N) is 3. The van der Waals surface area contributed by atoms with Gasteiger partial charge in [0.2, 0.25) is 5.91 Å². The predicted octanol–water partition coefficient (Wildman–Crippen LogP) is 4.19. The third-order valence-corrected chi connectivity index (χ3v) is 5.39. The minimum Gasteiger partial charge on any atom is -0.493 e. The highest BCUT2D eigenvalue weighted by molar-refractivity contribution is 5.80. The van der Waals surface area contributed by atoms with E-state index < -0.39 is 0 Å². The fourth-order valence-electron chi connectivity index (χ4n) is 3.81. The van der Waals surface area contributed by atoms with Crippen LogP contribution in [-0.2, 0) is 4.79 Å². The summed E-state index contributed by atoms with van der Waals surface area (Å²) in [5.74, 6) is 2.76. The number of ether oxygens (including phenoxy) is 1. The Morgan fingerprint density at radius 1 is 1.30 bits per heavy atom. The number of likely N-dealkylation sites (tertiary alicyclic amines) is 1. The minimum absolute atomic E-state index is 0.176. The van der Waals surface area contributed by atoms with Gasteiger partial charge in [0.05, 0.1) is 6.61 Å². The van der Waals surface area contributed by atoms with E-state index in [-0.39, 0.29) is 11.9 Å². The third-order valence-electron chi connectivity index (χ3n) is 5.39. The Morgan fingerprint density at radius 2 is 2.07 bits per heavy atom. The second-order valence-electron chi connectivity index (χ2n) is 7.89. The molecule has 1 fully saturated rings. The number of aromatic nitrogens is 2. The number of hydrogen-bond donors (Lipinski definition) is 0. The third kappa shape index (κ3) is 4.52. The van der Waals surface area contributed by atoms with E-state index in [0.29, 0.717) is 18.4 Å². The molecule has 1 amide bonds. The zero-order valence-electron chi connectivity index (χ0n) is 16.9. The van der Waals surface area contributed by atoms with Crippen molar-refractivity contribution < 1.29 is 9.53 Å². The summed E-state index contributed by atoms with van der Waals surface area (Å²) >= 11 is 0. The number of aryl methyl sites for hydroxylation is 1. The monoisotopic (exact) mass is 369 g/mol. The van der Waals surface area contributed by atoms with Crippen LogP contribution in [0.1, 0.15) is 57.0 Å². The summed E-state index contributed by atoms with van der Waals surface area (Å²) < 4.78 is 8.05. The summed E-state index contributed by atoms with van der Waals surface area (Å²) in [5, 5.41) is 0. The Kier molecular flexibility index (Phi) is 6.19. The Labute approximate surface area is 162 Å². The van der Waals surface area contributed by atoms with Gasteiger partial charge in [-0.3, -0.25) is 4.79 Å². The van der Waals surface area contributed by atoms with E-state index in [1.165, 1.54) is 0 Å². The number of imidazole rings is 1. The van der Waals surface area contributed by atoms with E-state index in [0.717, 1.165) is 43.1 Å². The first-order valence-electron chi connectivity index (χ1n) is 9.97. The zero-order chi connectivity index (χ0) is 19.4. The molecule has 0 bridgehead atoms. The van der Waals surface area contributed by atoms with Gasteiger partial charge in [0.25, 0.3) is 0 Å². The SMILES string of the molecule is Cc1ccccc1OC[C@H]1CCCN(C(=O)[C@H](C)n2ccnc2C(C)C)C1. The van der Waals surface area contributed by atoms with E-state index in [2.05, 4.69) is 31.8 Å². The highest BCUT2D eigenvalue weighted by atomic mass is 16.5. The number of hydrogen-bond acceptors (Lipinski definition) is 3. The lowest BCUT2D eigenvalue weighted by molar-refractivity contribution is -0.136. The van der Waals surface area contributed by atoms with Crippen molar-refractivity contribution in [1.29, 1.82) is 0 Å². The van der Waals surface area contributed by atoms with Crippen LogP contribution in [0.5, 0.6) is 5.75 Å². The lowest BCUT2D eigenvalue weighted by Crippen LogP contribution is -2.44. The van der Waals surface area contributed by atoms with Crippen molar-refractivity contribution in [2.45, 2.75) is 52.5 Å². The van der Waals surface area contributed by atoms with Crippen molar-refractivity contribution >= 4 is 5.91 Å². The Bertz CT molecular complexity index is 768. The summed E-state index contributed by atoms with van der Waals surface area (Å²) in [7, 11) is 0. The normalized spacial score (nSPS) is 18.6. The predicted molar refractivity (Wildman–Crippen MR) is 107 cm³/mol. The van der Waals surface area contributed by atoms with Gasteiger partial charge in [0.1, 0.15) is 17.6 Å². The first-order chi connectivity index (χ1) is 13.0. The molecule has 2 aromatic rings. The summed E-state index contributed by atoms with van der Waals surface area (Å²) in [5.41, 5.74) is 1.15. The van der Waals surface area contributed by atoms with E-state index in [4.69, 9.17) is 4.74 Å². The largest absolute Gasteiger partial charge is 0.493 e. The minimum atomic E-state index is -0.221. The maximum Gasteiger partial charge on any atom is 0.245 e. The van der Waals surface area contributed by atoms with Gasteiger partial charge in [0.15, 0.2) is 0 Å². The van der Waals surface area contributed by atoms with E-state index in [9.17, 15) is 4.79 Å². The van der Waals surface area contributed by atoms with Gasteiger partial charge in [-0.1, -0.05) is 32.0 Å². The van der Waals surface area contributed by atoms with E-state index in [1.54, 1.807) is 6.20 Å². The standard InChI is InChI=1S/C22H31N3O2/c1-16(2)21-23-11-13-25(21)18(4)22(26)24-12-7-9-19(14-24)15-27-20-10-6-5-8-17(20)3/h5-6,8,10-11,13,16,18-19H,7,9,12,14-15H2,1-4H3/t18-,19-/m0/s1. The number of amides is 1. The van der Waals surface area contributed by atoms with E-state index in [1.807, 2.05) is 40.8 Å². The van der Waals surface area contributed by atoms with Gasteiger partial charge >= 0.3 is 0 Å². The van der Waals surface area contributed by atoms with Crippen molar-refractivity contribution in [1.82, 2.24) is 14.5 Å². The molecule has 2 atom stereocenters. The highest BCUT2D eigenvalue weighted by Gasteiger charge is 2.29. The molecular weight excluding hydrogens is 338 g/mol. The maximum atomic E-state index is 13.1. The Balaban J connectivity index is 1.61. The molecule has 146 valence electrons. The molecule has 0 radical (unpaired) electrons. The molecule has 5 nitrogen and oxygen atoms in total. The van der Waals surface area contributed by atoms with Gasteiger partial charge in [-0.25, -0.2) is 4.98 Å². The summed E-state index contributed by atoms with van der Waals surface area (Å²) in [6.45, 7) is 10.5. The number of para-hydroxylation sites is 1. The molecule has 0 aliphatic carbocycles. The van der Waals surface area contributed by atoms with Crippen LogP contribution in [-0.4, -0.2) is 40.1 Å². The van der Waals surface area contributed by atoms with Gasteiger partial charge < -0.3 is 14.2 Å². The molecule has 1 aliphatic heterocycles. The van der Waals surface area contributed by atoms with Crippen molar-refractivity contribution in [3.05, 3.63) is 48.0 Å². The van der Waals surface area contributed by atoms with Crippen molar-refractivity contribution in [2.24, 2.45) is 5.92 Å². The fraction of sp³-hybridized carbons (Fsp3) is 0.545. The average molecular weight is 370 g/mol. The average Bonchev–Trinajstić information content (AvgIpc) is 3.16. The van der Waals surface area contributed by atoms with Crippen molar-refractivity contribution in [3.63, 3.8) is 0 Å². The second-order valence-corrected chi connectivity index (χ2v) is 7.89. The number of rotatable bonds is 6. The number of carbonyl (C=O) groups is 1. The summed E-state index contributed by atoms with van der Waals surface area (Å²) in [6.07, 6.45) is 5.84. The molecule has 2 heterocycles. The first-order valence-corrected chi connectivity index (χ1v) is 9.97. The summed E-state index contributed by atoms with van der Waals surface area (Å²) in [6, 6.07) is 7.87. The van der Waals surface area contributed by atoms with Crippen LogP contribution in [0.3, 0.4) is 0 Å². The molecule has 1 aromatic carbocycles. The molecule has 1 saturated heterocycles. The molecule has 0 saturated carbocycles. The van der Waals surface area contributed by atoms with Gasteiger partial charge in [-0.15, -0.1) is 0 Å². The number of piperidine rings is 1. The fourth-order valence-corrected chi connectivity index (χ4v) is 3.81. The second kappa shape index (κ2) is 8.59. The van der Waals surface area contributed by atoms with Crippen LogP contribution < -0.4 is 4.74 Å². The molecule has 0 N–H and O–H groups in total. The van der Waals surface area contributed by atoms with Gasteiger partial charge in [0, 0.05) is 37.3 Å². The van der Waals surface area contributed by atoms with Crippen molar-refractivity contribution in [3.8, 4) is 5.75 Å². The van der Waals surface area contributed by atoms with Gasteiger partial charge in [-0.2, -0.15) is 0 Å². The van der Waals surface area contributed by atoms with Crippen molar-refractivity contribution in [2.75, 3.05) is 19.7 Å². The van der Waals surface area contributed by atoms with Crippen LogP contribution >= 0.6 is 0 Å².